The van der Waals surface area contributed by atoms with Gasteiger partial charge in [-0.15, -0.1) is 0 Å². The molecule has 0 unspecified atom stereocenters. The Bertz CT molecular complexity index is 103. The molecule has 0 aromatic carbocycles. The molecule has 0 aliphatic rings. The summed E-state index contributed by atoms with van der Waals surface area (Å²) in [5, 5.41) is 9.44. The SMILES string of the molecule is [C]#CCC[N+](=O)[O-]. The van der Waals surface area contributed by atoms with Gasteiger partial charge in [-0.1, -0.05) is 5.92 Å². The first-order valence-corrected chi connectivity index (χ1v) is 1.78. The van der Waals surface area contributed by atoms with Crippen LogP contribution in [0.4, 0.5) is 0 Å². The summed E-state index contributed by atoms with van der Waals surface area (Å²) in [6, 6.07) is 0. The van der Waals surface area contributed by atoms with E-state index in [2.05, 4.69) is 0 Å². The fraction of sp³-hybridized carbons (Fsp3) is 0.500. The second-order valence-corrected chi connectivity index (χ2v) is 0.983. The van der Waals surface area contributed by atoms with Gasteiger partial charge in [-0.25, -0.2) is 0 Å². The Morgan fingerprint density at radius 1 is 1.86 bits per heavy atom. The van der Waals surface area contributed by atoms with Crippen LogP contribution in [0.25, 0.3) is 0 Å². The zero-order valence-corrected chi connectivity index (χ0v) is 3.68. The maximum absolute atomic E-state index is 9.44. The van der Waals surface area contributed by atoms with Gasteiger partial charge >= 0.3 is 0 Å². The maximum atomic E-state index is 9.44. The van der Waals surface area contributed by atoms with E-state index in [9.17, 15) is 10.1 Å². The summed E-state index contributed by atoms with van der Waals surface area (Å²) in [6.07, 6.45) is 6.36. The first kappa shape index (κ1) is 5.96. The molecule has 37 valence electrons. The Morgan fingerprint density at radius 3 is 2.57 bits per heavy atom. The zero-order valence-electron chi connectivity index (χ0n) is 3.68. The molecular weight excluding hydrogens is 94.0 g/mol. The lowest BCUT2D eigenvalue weighted by atomic mass is 10.5. The van der Waals surface area contributed by atoms with Gasteiger partial charge in [0.2, 0.25) is 6.54 Å². The van der Waals surface area contributed by atoms with E-state index < -0.39 is 4.92 Å². The number of rotatable bonds is 2. The molecule has 0 aromatic rings. The van der Waals surface area contributed by atoms with Crippen molar-refractivity contribution in [2.45, 2.75) is 6.42 Å². The summed E-state index contributed by atoms with van der Waals surface area (Å²) in [7, 11) is 0. The molecule has 0 atom stereocenters. The van der Waals surface area contributed by atoms with Gasteiger partial charge in [0.15, 0.2) is 0 Å². The molecule has 0 rings (SSSR count). The molecular formula is C4H4NO2. The quantitative estimate of drug-likeness (QED) is 0.282. The van der Waals surface area contributed by atoms with Gasteiger partial charge in [-0.2, -0.15) is 0 Å². The van der Waals surface area contributed by atoms with E-state index in [1.807, 2.05) is 5.92 Å². The highest BCUT2D eigenvalue weighted by Gasteiger charge is 1.88. The van der Waals surface area contributed by atoms with Crippen LogP contribution in [0.1, 0.15) is 6.42 Å². The zero-order chi connectivity index (χ0) is 5.70. The monoisotopic (exact) mass is 98.0 g/mol. The standard InChI is InChI=1S/C4H4NO2/c1-2-3-4-5(6)7/h3-4H2. The maximum Gasteiger partial charge on any atom is 0.214 e. The topological polar surface area (TPSA) is 43.1 Å². The van der Waals surface area contributed by atoms with Crippen molar-refractivity contribution >= 4 is 0 Å². The number of hydrogen-bond acceptors (Lipinski definition) is 2. The van der Waals surface area contributed by atoms with Gasteiger partial charge in [0.1, 0.15) is 0 Å². The largest absolute Gasteiger partial charge is 0.265 e. The van der Waals surface area contributed by atoms with E-state index >= 15 is 0 Å². The number of hydrogen-bond donors (Lipinski definition) is 0. The van der Waals surface area contributed by atoms with Crippen molar-refractivity contribution in [1.29, 1.82) is 0 Å². The second kappa shape index (κ2) is 3.16. The minimum atomic E-state index is -0.471. The molecule has 0 N–H and O–H groups in total. The van der Waals surface area contributed by atoms with E-state index in [0.717, 1.165) is 0 Å². The lowest BCUT2D eigenvalue weighted by Gasteiger charge is -1.80. The van der Waals surface area contributed by atoms with Gasteiger partial charge in [-0.05, 0) is 6.42 Å². The summed E-state index contributed by atoms with van der Waals surface area (Å²) in [5.41, 5.74) is 0. The molecule has 0 heterocycles. The Kier molecular flexibility index (Phi) is 2.69. The molecule has 0 spiro atoms. The minimum absolute atomic E-state index is 0.118. The van der Waals surface area contributed by atoms with Crippen LogP contribution in [0.2, 0.25) is 0 Å². The molecule has 0 saturated heterocycles. The van der Waals surface area contributed by atoms with Crippen molar-refractivity contribution in [2.24, 2.45) is 0 Å². The smallest absolute Gasteiger partial charge is 0.214 e. The Hall–Kier alpha value is -1.04. The summed E-state index contributed by atoms with van der Waals surface area (Å²) in [4.78, 5) is 8.97. The van der Waals surface area contributed by atoms with Crippen LogP contribution in [-0.4, -0.2) is 11.5 Å². The van der Waals surface area contributed by atoms with Crippen molar-refractivity contribution in [3.63, 3.8) is 0 Å². The van der Waals surface area contributed by atoms with E-state index in [1.165, 1.54) is 0 Å². The summed E-state index contributed by atoms with van der Waals surface area (Å²) in [5.74, 6) is 1.91. The van der Waals surface area contributed by atoms with Crippen molar-refractivity contribution in [1.82, 2.24) is 0 Å². The van der Waals surface area contributed by atoms with Crippen LogP contribution in [-0.2, 0) is 0 Å². The van der Waals surface area contributed by atoms with Gasteiger partial charge in [0.05, 0.1) is 6.42 Å². The highest BCUT2D eigenvalue weighted by Crippen LogP contribution is 1.73. The van der Waals surface area contributed by atoms with Crippen LogP contribution >= 0.6 is 0 Å². The first-order valence-electron chi connectivity index (χ1n) is 1.78. The highest BCUT2D eigenvalue weighted by atomic mass is 16.6. The molecule has 0 amide bonds. The lowest BCUT2D eigenvalue weighted by Crippen LogP contribution is -1.97. The average molecular weight is 98.1 g/mol. The van der Waals surface area contributed by atoms with Crippen LogP contribution in [0.15, 0.2) is 0 Å². The fourth-order valence-electron chi connectivity index (χ4n) is 0.147. The molecule has 0 aromatic heterocycles. The van der Waals surface area contributed by atoms with Gasteiger partial charge in [0.25, 0.3) is 0 Å². The first-order chi connectivity index (χ1) is 3.27. The fourth-order valence-corrected chi connectivity index (χ4v) is 0.147. The van der Waals surface area contributed by atoms with E-state index in [0.29, 0.717) is 0 Å². The van der Waals surface area contributed by atoms with Crippen molar-refractivity contribution in [2.75, 3.05) is 6.54 Å². The lowest BCUT2D eigenvalue weighted by molar-refractivity contribution is -0.478. The third-order valence-corrected chi connectivity index (χ3v) is 0.419. The van der Waals surface area contributed by atoms with Gasteiger partial charge in [0, 0.05) is 4.92 Å². The summed E-state index contributed by atoms with van der Waals surface area (Å²) >= 11 is 0. The van der Waals surface area contributed by atoms with Crippen LogP contribution < -0.4 is 0 Å². The summed E-state index contributed by atoms with van der Waals surface area (Å²) < 4.78 is 0. The van der Waals surface area contributed by atoms with E-state index in [-0.39, 0.29) is 13.0 Å². The van der Waals surface area contributed by atoms with E-state index in [1.54, 1.807) is 0 Å². The molecule has 0 aliphatic carbocycles. The molecule has 0 bridgehead atoms. The molecule has 0 fully saturated rings. The summed E-state index contributed by atoms with van der Waals surface area (Å²) in [6.45, 7) is -0.177. The third-order valence-electron chi connectivity index (χ3n) is 0.419. The van der Waals surface area contributed by atoms with Gasteiger partial charge in [-0.3, -0.25) is 10.1 Å². The molecule has 3 heteroatoms. The second-order valence-electron chi connectivity index (χ2n) is 0.983. The number of nitro groups is 1. The van der Waals surface area contributed by atoms with Crippen LogP contribution in [0.5, 0.6) is 0 Å². The Morgan fingerprint density at radius 2 is 2.43 bits per heavy atom. The van der Waals surface area contributed by atoms with Crippen molar-refractivity contribution in [3.8, 4) is 5.92 Å². The Balaban J connectivity index is 3.02. The third kappa shape index (κ3) is 4.96. The molecule has 0 aliphatic heterocycles. The molecule has 7 heavy (non-hydrogen) atoms. The Labute approximate surface area is 41.5 Å². The van der Waals surface area contributed by atoms with Crippen molar-refractivity contribution in [3.05, 3.63) is 16.5 Å². The average Bonchev–Trinajstić information content (AvgIpc) is 1.61. The predicted octanol–water partition coefficient (Wildman–Crippen LogP) is 0.243. The van der Waals surface area contributed by atoms with Crippen molar-refractivity contribution < 1.29 is 4.92 Å². The minimum Gasteiger partial charge on any atom is -0.265 e. The van der Waals surface area contributed by atoms with Crippen LogP contribution in [0, 0.1) is 22.5 Å². The normalized spacial score (nSPS) is 7.29. The highest BCUT2D eigenvalue weighted by molar-refractivity contribution is 4.73. The van der Waals surface area contributed by atoms with Gasteiger partial charge < -0.3 is 0 Å². The molecule has 3 nitrogen and oxygen atoms in total. The number of nitrogens with zero attached hydrogens (tertiary/aromatic N) is 1. The predicted molar refractivity (Wildman–Crippen MR) is 23.6 cm³/mol. The molecule has 0 saturated carbocycles. The van der Waals surface area contributed by atoms with Crippen LogP contribution in [0.3, 0.4) is 0 Å². The van der Waals surface area contributed by atoms with E-state index in [4.69, 9.17) is 6.42 Å². The molecule has 1 radical (unpaired) electrons.